The molecule has 0 fully saturated rings. The molecule has 3 rings (SSSR count). The van der Waals surface area contributed by atoms with Gasteiger partial charge in [0.2, 0.25) is 5.91 Å². The maximum absolute atomic E-state index is 12.0. The summed E-state index contributed by atoms with van der Waals surface area (Å²) in [6, 6.07) is 14.1. The first-order valence-electron chi connectivity index (χ1n) is 8.93. The second kappa shape index (κ2) is 8.44. The van der Waals surface area contributed by atoms with Crippen molar-refractivity contribution in [2.75, 3.05) is 13.1 Å². The Morgan fingerprint density at radius 2 is 1.85 bits per heavy atom. The molecule has 2 unspecified atom stereocenters. The van der Waals surface area contributed by atoms with Crippen molar-refractivity contribution in [3.63, 3.8) is 0 Å². The van der Waals surface area contributed by atoms with Crippen molar-refractivity contribution in [1.29, 1.82) is 0 Å². The summed E-state index contributed by atoms with van der Waals surface area (Å²) in [7, 11) is 0. The standard InChI is InChI=1S/C21H22Cl2N2O2/c1-15(26)24-20(16-9-4-2-5-10-16)21(25(27)13-6-3-7-14-25)17-11-8-12-18(22)19(17)23/h2-6,8-12,20-21,27H,7,13-14H2,1H3/p+1/t20-,21?,25?/m0/s1. The Morgan fingerprint density at radius 1 is 1.11 bits per heavy atom. The number of hydroxylamine groups is 3. The molecular formula is C21H23Cl2N2O2+. The number of carbonyl (C=O) groups excluding carboxylic acids is 1. The molecule has 4 nitrogen and oxygen atoms in total. The number of nitrogens with one attached hydrogen (secondary N) is 1. The van der Waals surface area contributed by atoms with E-state index in [0.717, 1.165) is 12.0 Å². The first-order chi connectivity index (χ1) is 12.9. The molecule has 1 heterocycles. The second-order valence-electron chi connectivity index (χ2n) is 6.83. The van der Waals surface area contributed by atoms with Gasteiger partial charge in [0.25, 0.3) is 0 Å². The zero-order valence-electron chi connectivity index (χ0n) is 15.1. The molecule has 1 amide bonds. The Kier molecular flexibility index (Phi) is 6.22. The molecular weight excluding hydrogens is 383 g/mol. The fourth-order valence-electron chi connectivity index (χ4n) is 3.71. The topological polar surface area (TPSA) is 49.3 Å². The SMILES string of the molecule is CC(=O)N[C@@H](c1ccccc1)C(c1cccc(Cl)c1Cl)[N+]1(O)CC=CCC1. The predicted octanol–water partition coefficient (Wildman–Crippen LogP) is 5.08. The van der Waals surface area contributed by atoms with Gasteiger partial charge in [-0.05, 0) is 17.7 Å². The summed E-state index contributed by atoms with van der Waals surface area (Å²) in [5.74, 6) is -0.175. The lowest BCUT2D eigenvalue weighted by Crippen LogP contribution is -2.54. The van der Waals surface area contributed by atoms with E-state index in [9.17, 15) is 10.0 Å². The van der Waals surface area contributed by atoms with Crippen molar-refractivity contribution in [1.82, 2.24) is 5.32 Å². The summed E-state index contributed by atoms with van der Waals surface area (Å²) < 4.78 is -0.254. The summed E-state index contributed by atoms with van der Waals surface area (Å²) in [4.78, 5) is 12.0. The van der Waals surface area contributed by atoms with Gasteiger partial charge in [-0.1, -0.05) is 71.7 Å². The van der Waals surface area contributed by atoms with Gasteiger partial charge in [-0.2, -0.15) is 4.65 Å². The molecule has 1 aliphatic heterocycles. The van der Waals surface area contributed by atoms with Gasteiger partial charge in [0.05, 0.1) is 10.0 Å². The smallest absolute Gasteiger partial charge is 0.217 e. The fourth-order valence-corrected chi connectivity index (χ4v) is 4.13. The number of benzene rings is 2. The highest BCUT2D eigenvalue weighted by molar-refractivity contribution is 6.42. The van der Waals surface area contributed by atoms with Crippen LogP contribution in [0.15, 0.2) is 60.7 Å². The Balaban J connectivity index is 2.18. The lowest BCUT2D eigenvalue weighted by Gasteiger charge is -2.42. The summed E-state index contributed by atoms with van der Waals surface area (Å²) in [6.07, 6.45) is 4.76. The lowest BCUT2D eigenvalue weighted by atomic mass is 9.90. The number of amides is 1. The average Bonchev–Trinajstić information content (AvgIpc) is 2.65. The van der Waals surface area contributed by atoms with E-state index in [0.29, 0.717) is 28.7 Å². The third-order valence-electron chi connectivity index (χ3n) is 4.92. The van der Waals surface area contributed by atoms with Crippen molar-refractivity contribution in [3.8, 4) is 0 Å². The van der Waals surface area contributed by atoms with Crippen LogP contribution in [0.2, 0.25) is 10.0 Å². The van der Waals surface area contributed by atoms with Crippen LogP contribution in [-0.2, 0) is 4.79 Å². The first kappa shape index (κ1) is 19.9. The normalized spacial score (nSPS) is 21.5. The minimum absolute atomic E-state index is 0.175. The third kappa shape index (κ3) is 4.36. The maximum Gasteiger partial charge on any atom is 0.217 e. The molecule has 1 aliphatic rings. The molecule has 2 aromatic rings. The number of nitrogens with zero attached hydrogens (tertiary/aromatic N) is 1. The van der Waals surface area contributed by atoms with Gasteiger partial charge in [-0.25, -0.2) is 5.21 Å². The molecule has 3 atom stereocenters. The van der Waals surface area contributed by atoms with Gasteiger partial charge in [0.1, 0.15) is 19.1 Å². The highest BCUT2D eigenvalue weighted by atomic mass is 35.5. The molecule has 142 valence electrons. The van der Waals surface area contributed by atoms with E-state index in [2.05, 4.69) is 11.4 Å². The molecule has 0 spiro atoms. The Bertz CT molecular complexity index is 841. The van der Waals surface area contributed by atoms with Crippen LogP contribution in [0, 0.1) is 0 Å². The zero-order valence-corrected chi connectivity index (χ0v) is 16.6. The van der Waals surface area contributed by atoms with E-state index >= 15 is 0 Å². The molecule has 2 aromatic carbocycles. The highest BCUT2D eigenvalue weighted by Gasteiger charge is 2.45. The van der Waals surface area contributed by atoms with E-state index in [4.69, 9.17) is 23.2 Å². The molecule has 0 aromatic heterocycles. The fraction of sp³-hybridized carbons (Fsp3) is 0.286. The minimum atomic E-state index is -0.507. The van der Waals surface area contributed by atoms with Crippen molar-refractivity contribution in [3.05, 3.63) is 81.9 Å². The zero-order chi connectivity index (χ0) is 19.4. The monoisotopic (exact) mass is 405 g/mol. The average molecular weight is 406 g/mol. The Hall–Kier alpha value is -1.85. The molecule has 0 aliphatic carbocycles. The Morgan fingerprint density at radius 3 is 2.48 bits per heavy atom. The second-order valence-corrected chi connectivity index (χ2v) is 7.62. The molecule has 0 bridgehead atoms. The molecule has 0 saturated heterocycles. The minimum Gasteiger partial charge on any atom is -0.343 e. The quantitative estimate of drug-likeness (QED) is 0.538. The van der Waals surface area contributed by atoms with E-state index in [1.54, 1.807) is 6.07 Å². The largest absolute Gasteiger partial charge is 0.343 e. The number of carbonyl (C=O) groups is 1. The van der Waals surface area contributed by atoms with Crippen LogP contribution in [0.25, 0.3) is 0 Å². The number of quaternary nitrogens is 1. The Labute approximate surface area is 169 Å². The van der Waals surface area contributed by atoms with E-state index in [1.165, 1.54) is 6.92 Å². The van der Waals surface area contributed by atoms with Crippen LogP contribution >= 0.6 is 23.2 Å². The van der Waals surface area contributed by atoms with Crippen LogP contribution in [0.4, 0.5) is 0 Å². The molecule has 0 saturated carbocycles. The van der Waals surface area contributed by atoms with Gasteiger partial charge in [0.15, 0.2) is 6.04 Å². The van der Waals surface area contributed by atoms with Crippen LogP contribution in [0.5, 0.6) is 0 Å². The number of hydrogen-bond donors (Lipinski definition) is 2. The van der Waals surface area contributed by atoms with Crippen LogP contribution in [0.3, 0.4) is 0 Å². The number of hydrogen-bond acceptors (Lipinski definition) is 2. The van der Waals surface area contributed by atoms with Crippen molar-refractivity contribution < 1.29 is 14.6 Å². The van der Waals surface area contributed by atoms with Crippen molar-refractivity contribution in [2.45, 2.75) is 25.4 Å². The summed E-state index contributed by atoms with van der Waals surface area (Å²) in [6.45, 7) is 2.42. The van der Waals surface area contributed by atoms with E-state index < -0.39 is 12.1 Å². The third-order valence-corrected chi connectivity index (χ3v) is 5.76. The van der Waals surface area contributed by atoms with Crippen LogP contribution in [-0.4, -0.2) is 28.9 Å². The molecule has 0 radical (unpaired) electrons. The highest BCUT2D eigenvalue weighted by Crippen LogP contribution is 2.43. The van der Waals surface area contributed by atoms with Gasteiger partial charge in [0, 0.05) is 18.9 Å². The molecule has 27 heavy (non-hydrogen) atoms. The predicted molar refractivity (Wildman–Crippen MR) is 108 cm³/mol. The number of rotatable bonds is 5. The van der Waals surface area contributed by atoms with Crippen LogP contribution < -0.4 is 5.32 Å². The molecule has 6 heteroatoms. The van der Waals surface area contributed by atoms with Gasteiger partial charge < -0.3 is 5.32 Å². The van der Waals surface area contributed by atoms with E-state index in [-0.39, 0.29) is 10.6 Å². The van der Waals surface area contributed by atoms with Crippen molar-refractivity contribution in [2.24, 2.45) is 0 Å². The number of halogens is 2. The maximum atomic E-state index is 12.0. The lowest BCUT2D eigenvalue weighted by molar-refractivity contribution is -1.12. The van der Waals surface area contributed by atoms with E-state index in [1.807, 2.05) is 48.5 Å². The summed E-state index contributed by atoms with van der Waals surface area (Å²) >= 11 is 12.8. The van der Waals surface area contributed by atoms with Gasteiger partial charge in [-0.15, -0.1) is 0 Å². The summed E-state index contributed by atoms with van der Waals surface area (Å²) in [5.41, 5.74) is 1.61. The van der Waals surface area contributed by atoms with Crippen molar-refractivity contribution >= 4 is 29.1 Å². The van der Waals surface area contributed by atoms with Crippen LogP contribution in [0.1, 0.15) is 36.6 Å². The summed E-state index contributed by atoms with van der Waals surface area (Å²) in [5, 5.41) is 15.4. The molecule has 2 N–H and O–H groups in total. The van der Waals surface area contributed by atoms with Gasteiger partial charge >= 0.3 is 0 Å². The van der Waals surface area contributed by atoms with Gasteiger partial charge in [-0.3, -0.25) is 4.79 Å². The first-order valence-corrected chi connectivity index (χ1v) is 9.68.